The average molecular weight is 245 g/mol. The van der Waals surface area contributed by atoms with E-state index >= 15 is 0 Å². The highest BCUT2D eigenvalue weighted by Gasteiger charge is 2.24. The molecular formula is C9H6BrFO2. The molecule has 2 rings (SSSR count). The molecule has 13 heavy (non-hydrogen) atoms. The van der Waals surface area contributed by atoms with Gasteiger partial charge in [-0.1, -0.05) is 0 Å². The fourth-order valence-electron chi connectivity index (χ4n) is 1.30. The van der Waals surface area contributed by atoms with Crippen molar-refractivity contribution in [2.24, 2.45) is 0 Å². The molecule has 1 aromatic carbocycles. The lowest BCUT2D eigenvalue weighted by Crippen LogP contribution is -2.16. The number of halogens is 2. The van der Waals surface area contributed by atoms with Crippen molar-refractivity contribution in [1.82, 2.24) is 0 Å². The molecule has 0 atom stereocenters. The Morgan fingerprint density at radius 1 is 1.46 bits per heavy atom. The van der Waals surface area contributed by atoms with Gasteiger partial charge in [-0.05, 0) is 28.1 Å². The Morgan fingerprint density at radius 3 is 2.92 bits per heavy atom. The fraction of sp³-hybridized carbons (Fsp3) is 0.222. The topological polar surface area (TPSA) is 26.3 Å². The van der Waals surface area contributed by atoms with Gasteiger partial charge in [0.15, 0.2) is 17.3 Å². The third-order valence-electron chi connectivity index (χ3n) is 1.91. The van der Waals surface area contributed by atoms with Gasteiger partial charge >= 0.3 is 0 Å². The number of carbonyl (C=O) groups is 1. The monoisotopic (exact) mass is 244 g/mol. The van der Waals surface area contributed by atoms with Crippen LogP contribution in [0.15, 0.2) is 16.6 Å². The van der Waals surface area contributed by atoms with Gasteiger partial charge in [-0.3, -0.25) is 4.79 Å². The van der Waals surface area contributed by atoms with Gasteiger partial charge in [0.05, 0.1) is 12.2 Å². The summed E-state index contributed by atoms with van der Waals surface area (Å²) in [5.74, 6) is -0.482. The number of ketones is 1. The lowest BCUT2D eigenvalue weighted by Gasteiger charge is -2.17. The molecule has 0 fully saturated rings. The molecule has 0 radical (unpaired) electrons. The molecule has 0 N–H and O–H groups in total. The Morgan fingerprint density at radius 2 is 2.23 bits per heavy atom. The predicted octanol–water partition coefficient (Wildman–Crippen LogP) is 2.55. The highest BCUT2D eigenvalue weighted by molar-refractivity contribution is 9.10. The lowest BCUT2D eigenvalue weighted by molar-refractivity contribution is 0.0928. The molecule has 0 aromatic heterocycles. The number of fused-ring (bicyclic) bond motifs is 1. The number of benzene rings is 1. The van der Waals surface area contributed by atoms with Crippen LogP contribution >= 0.6 is 15.9 Å². The Balaban J connectivity index is 2.67. The summed E-state index contributed by atoms with van der Waals surface area (Å²) in [6, 6.07) is 2.79. The first kappa shape index (κ1) is 8.69. The van der Waals surface area contributed by atoms with Gasteiger partial charge in [-0.15, -0.1) is 0 Å². The normalized spacial score (nSPS) is 15.1. The molecule has 2 nitrogen and oxygen atoms in total. The predicted molar refractivity (Wildman–Crippen MR) is 48.5 cm³/mol. The van der Waals surface area contributed by atoms with Crippen LogP contribution in [0.4, 0.5) is 4.39 Å². The van der Waals surface area contributed by atoms with E-state index in [4.69, 9.17) is 4.74 Å². The van der Waals surface area contributed by atoms with E-state index in [0.717, 1.165) is 0 Å². The highest BCUT2D eigenvalue weighted by atomic mass is 79.9. The number of hydrogen-bond acceptors (Lipinski definition) is 2. The summed E-state index contributed by atoms with van der Waals surface area (Å²) in [5.41, 5.74) is 0.325. The van der Waals surface area contributed by atoms with Crippen molar-refractivity contribution in [1.29, 1.82) is 0 Å². The van der Waals surface area contributed by atoms with Gasteiger partial charge < -0.3 is 4.74 Å². The zero-order chi connectivity index (χ0) is 9.42. The zero-order valence-corrected chi connectivity index (χ0v) is 8.23. The van der Waals surface area contributed by atoms with Gasteiger partial charge in [0, 0.05) is 10.9 Å². The van der Waals surface area contributed by atoms with Crippen LogP contribution in [0.5, 0.6) is 5.75 Å². The molecule has 0 saturated heterocycles. The number of rotatable bonds is 0. The largest absolute Gasteiger partial charge is 0.489 e. The Kier molecular flexibility index (Phi) is 2.07. The molecule has 1 aliphatic heterocycles. The SMILES string of the molecule is O=C1CCOc2c(F)ccc(Br)c21. The minimum absolute atomic E-state index is 0.0747. The van der Waals surface area contributed by atoms with E-state index in [1.54, 1.807) is 0 Å². The number of hydrogen-bond donors (Lipinski definition) is 0. The second-order valence-electron chi connectivity index (χ2n) is 2.75. The molecule has 1 heterocycles. The highest BCUT2D eigenvalue weighted by Crippen LogP contribution is 2.33. The second-order valence-corrected chi connectivity index (χ2v) is 3.61. The zero-order valence-electron chi connectivity index (χ0n) is 6.64. The molecule has 68 valence electrons. The Hall–Kier alpha value is -0.900. The van der Waals surface area contributed by atoms with Crippen molar-refractivity contribution in [2.75, 3.05) is 6.61 Å². The molecular weight excluding hydrogens is 239 g/mol. The van der Waals surface area contributed by atoms with Crippen LogP contribution in [0.2, 0.25) is 0 Å². The van der Waals surface area contributed by atoms with Crippen molar-refractivity contribution < 1.29 is 13.9 Å². The van der Waals surface area contributed by atoms with Crippen molar-refractivity contribution in [3.63, 3.8) is 0 Å². The van der Waals surface area contributed by atoms with Crippen LogP contribution in [-0.4, -0.2) is 12.4 Å². The molecule has 1 aliphatic rings. The molecule has 4 heteroatoms. The molecule has 0 bridgehead atoms. The van der Waals surface area contributed by atoms with Crippen LogP contribution in [0, 0.1) is 5.82 Å². The van der Waals surface area contributed by atoms with E-state index in [0.29, 0.717) is 16.5 Å². The molecule has 0 spiro atoms. The Labute approximate surface area is 82.8 Å². The van der Waals surface area contributed by atoms with Gasteiger partial charge in [0.2, 0.25) is 0 Å². The summed E-state index contributed by atoms with van der Waals surface area (Å²) < 4.78 is 18.8. The molecule has 0 aliphatic carbocycles. The summed E-state index contributed by atoms with van der Waals surface area (Å²) >= 11 is 3.19. The van der Waals surface area contributed by atoms with Crippen LogP contribution in [0.1, 0.15) is 16.8 Å². The summed E-state index contributed by atoms with van der Waals surface area (Å²) in [5, 5.41) is 0. The van der Waals surface area contributed by atoms with E-state index in [-0.39, 0.29) is 18.1 Å². The van der Waals surface area contributed by atoms with Gasteiger partial charge in [0.25, 0.3) is 0 Å². The average Bonchev–Trinajstić information content (AvgIpc) is 2.12. The quantitative estimate of drug-likeness (QED) is 0.702. The molecule has 0 unspecified atom stereocenters. The van der Waals surface area contributed by atoms with E-state index < -0.39 is 5.82 Å². The van der Waals surface area contributed by atoms with Gasteiger partial charge in [-0.25, -0.2) is 4.39 Å². The van der Waals surface area contributed by atoms with Gasteiger partial charge in [0.1, 0.15) is 0 Å². The number of ether oxygens (including phenoxy) is 1. The minimum atomic E-state index is -0.480. The molecule has 0 saturated carbocycles. The maximum absolute atomic E-state index is 13.1. The molecule has 0 amide bonds. The summed E-state index contributed by atoms with van der Waals surface area (Å²) in [7, 11) is 0. The van der Waals surface area contributed by atoms with Crippen LogP contribution < -0.4 is 4.74 Å². The van der Waals surface area contributed by atoms with Crippen molar-refractivity contribution in [3.8, 4) is 5.75 Å². The first-order valence-electron chi connectivity index (χ1n) is 3.84. The summed E-state index contributed by atoms with van der Waals surface area (Å²) in [6.07, 6.45) is 0.315. The molecule has 1 aromatic rings. The third kappa shape index (κ3) is 1.35. The second kappa shape index (κ2) is 3.10. The first-order chi connectivity index (χ1) is 6.20. The standard InChI is InChI=1S/C9H6BrFO2/c10-5-1-2-6(11)9-8(5)7(12)3-4-13-9/h1-2H,3-4H2. The lowest BCUT2D eigenvalue weighted by atomic mass is 10.1. The van der Waals surface area contributed by atoms with E-state index in [1.807, 2.05) is 0 Å². The first-order valence-corrected chi connectivity index (χ1v) is 4.63. The minimum Gasteiger partial charge on any atom is -0.489 e. The summed E-state index contributed by atoms with van der Waals surface area (Å²) in [6.45, 7) is 0.263. The summed E-state index contributed by atoms with van der Waals surface area (Å²) in [4.78, 5) is 11.4. The van der Waals surface area contributed by atoms with E-state index in [1.165, 1.54) is 12.1 Å². The Bertz CT molecular complexity index is 376. The van der Waals surface area contributed by atoms with Crippen molar-refractivity contribution >= 4 is 21.7 Å². The fourth-order valence-corrected chi connectivity index (χ4v) is 1.84. The van der Waals surface area contributed by atoms with Crippen LogP contribution in [0.3, 0.4) is 0 Å². The maximum Gasteiger partial charge on any atom is 0.171 e. The van der Waals surface area contributed by atoms with Gasteiger partial charge in [-0.2, -0.15) is 0 Å². The number of carbonyl (C=O) groups excluding carboxylic acids is 1. The maximum atomic E-state index is 13.1. The smallest absolute Gasteiger partial charge is 0.171 e. The van der Waals surface area contributed by atoms with Crippen LogP contribution in [0.25, 0.3) is 0 Å². The van der Waals surface area contributed by atoms with E-state index in [9.17, 15) is 9.18 Å². The van der Waals surface area contributed by atoms with Crippen LogP contribution in [-0.2, 0) is 0 Å². The van der Waals surface area contributed by atoms with E-state index in [2.05, 4.69) is 15.9 Å². The van der Waals surface area contributed by atoms with Crippen molar-refractivity contribution in [2.45, 2.75) is 6.42 Å². The third-order valence-corrected chi connectivity index (χ3v) is 2.57. The van der Waals surface area contributed by atoms with Crippen molar-refractivity contribution in [3.05, 3.63) is 28.0 Å². The number of Topliss-reactive ketones (excluding diaryl/α,β-unsaturated/α-hetero) is 1.